The quantitative estimate of drug-likeness (QED) is 0.876. The molecule has 0 unspecified atom stereocenters. The second-order valence-electron chi connectivity index (χ2n) is 4.77. The fourth-order valence-electron chi connectivity index (χ4n) is 2.23. The summed E-state index contributed by atoms with van der Waals surface area (Å²) in [5, 5.41) is 7.34. The van der Waals surface area contributed by atoms with Crippen LogP contribution < -0.4 is 5.32 Å². The lowest BCUT2D eigenvalue weighted by Gasteiger charge is -2.19. The molecular weight excluding hydrogens is 277 g/mol. The monoisotopic (exact) mass is 293 g/mol. The summed E-state index contributed by atoms with van der Waals surface area (Å²) in [5.41, 5.74) is 0. The van der Waals surface area contributed by atoms with Crippen LogP contribution in [0, 0.1) is 5.82 Å². The summed E-state index contributed by atoms with van der Waals surface area (Å²) < 4.78 is 18.8. The van der Waals surface area contributed by atoms with E-state index in [0.717, 1.165) is 13.0 Å². The largest absolute Gasteiger partial charge is 0.338 e. The van der Waals surface area contributed by atoms with Crippen LogP contribution in [-0.4, -0.2) is 16.7 Å². The summed E-state index contributed by atoms with van der Waals surface area (Å²) in [5.74, 6) is 1.56. The van der Waals surface area contributed by atoms with E-state index in [9.17, 15) is 4.39 Å². The molecule has 2 aromatic rings. The van der Waals surface area contributed by atoms with Crippen LogP contribution in [0.3, 0.4) is 0 Å². The van der Waals surface area contributed by atoms with Crippen molar-refractivity contribution in [1.82, 2.24) is 15.5 Å². The normalized spacial score (nSPS) is 19.1. The molecule has 1 N–H and O–H groups in total. The van der Waals surface area contributed by atoms with Crippen molar-refractivity contribution in [3.8, 4) is 0 Å². The number of nitrogens with zero attached hydrogens (tertiary/aromatic N) is 2. The lowest BCUT2D eigenvalue weighted by molar-refractivity contribution is 0.296. The minimum Gasteiger partial charge on any atom is -0.338 e. The first-order valence-corrected chi connectivity index (χ1v) is 7.74. The molecule has 1 atom stereocenters. The number of benzene rings is 1. The molecule has 6 heteroatoms. The number of halogens is 1. The molecule has 1 saturated heterocycles. The third-order valence-electron chi connectivity index (χ3n) is 3.29. The molecule has 2 heterocycles. The second kappa shape index (κ2) is 6.37. The molecule has 0 saturated carbocycles. The SMILES string of the molecule is Fc1ccccc1SCc1noc([C@H]2CCCCN2)n1. The van der Waals surface area contributed by atoms with E-state index in [0.29, 0.717) is 22.4 Å². The zero-order valence-electron chi connectivity index (χ0n) is 11.0. The van der Waals surface area contributed by atoms with Gasteiger partial charge in [-0.05, 0) is 31.5 Å². The first-order chi connectivity index (χ1) is 9.83. The summed E-state index contributed by atoms with van der Waals surface area (Å²) in [7, 11) is 0. The van der Waals surface area contributed by atoms with Crippen LogP contribution in [0.1, 0.15) is 37.0 Å². The fourth-order valence-corrected chi connectivity index (χ4v) is 3.02. The number of hydrogen-bond donors (Lipinski definition) is 1. The zero-order chi connectivity index (χ0) is 13.8. The molecule has 1 aliphatic rings. The van der Waals surface area contributed by atoms with Crippen molar-refractivity contribution in [3.63, 3.8) is 0 Å². The highest BCUT2D eigenvalue weighted by Gasteiger charge is 2.20. The predicted molar refractivity (Wildman–Crippen MR) is 74.9 cm³/mol. The minimum atomic E-state index is -0.213. The lowest BCUT2D eigenvalue weighted by atomic mass is 10.1. The number of hydrogen-bond acceptors (Lipinski definition) is 5. The van der Waals surface area contributed by atoms with E-state index in [2.05, 4.69) is 15.5 Å². The Bertz CT molecular complexity index is 569. The molecular formula is C14H16FN3OS. The Labute approximate surface area is 121 Å². The maximum Gasteiger partial charge on any atom is 0.243 e. The van der Waals surface area contributed by atoms with Crippen molar-refractivity contribution in [3.05, 3.63) is 41.8 Å². The van der Waals surface area contributed by atoms with Crippen molar-refractivity contribution < 1.29 is 8.91 Å². The van der Waals surface area contributed by atoms with E-state index in [1.807, 2.05) is 6.07 Å². The summed E-state index contributed by atoms with van der Waals surface area (Å²) in [4.78, 5) is 5.00. The van der Waals surface area contributed by atoms with E-state index in [1.165, 1.54) is 30.7 Å². The van der Waals surface area contributed by atoms with Gasteiger partial charge in [0.2, 0.25) is 5.89 Å². The second-order valence-corrected chi connectivity index (χ2v) is 5.79. The molecule has 1 aromatic carbocycles. The van der Waals surface area contributed by atoms with Gasteiger partial charge in [0.1, 0.15) is 5.82 Å². The minimum absolute atomic E-state index is 0.170. The van der Waals surface area contributed by atoms with Gasteiger partial charge in [-0.1, -0.05) is 23.7 Å². The van der Waals surface area contributed by atoms with E-state index in [1.54, 1.807) is 12.1 Å². The van der Waals surface area contributed by atoms with Crippen LogP contribution in [0.5, 0.6) is 0 Å². The van der Waals surface area contributed by atoms with Gasteiger partial charge in [-0.15, -0.1) is 11.8 Å². The molecule has 0 radical (unpaired) electrons. The van der Waals surface area contributed by atoms with Crippen LogP contribution in [-0.2, 0) is 5.75 Å². The summed E-state index contributed by atoms with van der Waals surface area (Å²) in [6, 6.07) is 6.88. The van der Waals surface area contributed by atoms with Crippen molar-refractivity contribution >= 4 is 11.8 Å². The number of aromatic nitrogens is 2. The summed E-state index contributed by atoms with van der Waals surface area (Å²) in [6.07, 6.45) is 3.40. The van der Waals surface area contributed by atoms with Crippen molar-refractivity contribution in [2.45, 2.75) is 36.0 Å². The number of nitrogens with one attached hydrogen (secondary N) is 1. The third kappa shape index (κ3) is 3.19. The maximum atomic E-state index is 13.5. The molecule has 0 spiro atoms. The van der Waals surface area contributed by atoms with Gasteiger partial charge in [0.15, 0.2) is 5.82 Å². The first-order valence-electron chi connectivity index (χ1n) is 6.76. The van der Waals surface area contributed by atoms with Gasteiger partial charge in [-0.25, -0.2) is 4.39 Å². The highest BCUT2D eigenvalue weighted by Crippen LogP contribution is 2.26. The van der Waals surface area contributed by atoms with Gasteiger partial charge in [0.25, 0.3) is 0 Å². The molecule has 106 valence electrons. The predicted octanol–water partition coefficient (Wildman–Crippen LogP) is 3.32. The molecule has 20 heavy (non-hydrogen) atoms. The highest BCUT2D eigenvalue weighted by molar-refractivity contribution is 7.98. The molecule has 0 amide bonds. The van der Waals surface area contributed by atoms with Crippen molar-refractivity contribution in [1.29, 1.82) is 0 Å². The topological polar surface area (TPSA) is 51.0 Å². The third-order valence-corrected chi connectivity index (χ3v) is 4.33. The first kappa shape index (κ1) is 13.6. The summed E-state index contributed by atoms with van der Waals surface area (Å²) in [6.45, 7) is 0.992. The number of rotatable bonds is 4. The van der Waals surface area contributed by atoms with Gasteiger partial charge in [0, 0.05) is 4.90 Å². The molecule has 0 aliphatic carbocycles. The molecule has 1 aliphatic heterocycles. The Morgan fingerprint density at radius 3 is 3.05 bits per heavy atom. The Morgan fingerprint density at radius 2 is 2.25 bits per heavy atom. The molecule has 0 bridgehead atoms. The Kier molecular flexibility index (Phi) is 4.32. The average Bonchev–Trinajstić information content (AvgIpc) is 2.96. The molecule has 4 nitrogen and oxygen atoms in total. The Hall–Kier alpha value is -1.40. The van der Waals surface area contributed by atoms with Crippen LogP contribution in [0.4, 0.5) is 4.39 Å². The van der Waals surface area contributed by atoms with Gasteiger partial charge in [-0.3, -0.25) is 0 Å². The van der Waals surface area contributed by atoms with Gasteiger partial charge < -0.3 is 9.84 Å². The van der Waals surface area contributed by atoms with Crippen LogP contribution in [0.15, 0.2) is 33.7 Å². The average molecular weight is 293 g/mol. The van der Waals surface area contributed by atoms with Crippen molar-refractivity contribution in [2.24, 2.45) is 0 Å². The number of thioether (sulfide) groups is 1. The lowest BCUT2D eigenvalue weighted by Crippen LogP contribution is -2.26. The van der Waals surface area contributed by atoms with Gasteiger partial charge in [0.05, 0.1) is 11.8 Å². The van der Waals surface area contributed by atoms with Gasteiger partial charge >= 0.3 is 0 Å². The van der Waals surface area contributed by atoms with Crippen LogP contribution >= 0.6 is 11.8 Å². The van der Waals surface area contributed by atoms with Crippen LogP contribution in [0.25, 0.3) is 0 Å². The van der Waals surface area contributed by atoms with E-state index >= 15 is 0 Å². The Morgan fingerprint density at radius 1 is 1.35 bits per heavy atom. The molecule has 1 fully saturated rings. The standard InChI is InChI=1S/C14H16FN3OS/c15-10-5-1-2-7-12(10)20-9-13-17-14(19-18-13)11-6-3-4-8-16-11/h1-2,5,7,11,16H,3-4,6,8-9H2/t11-/m1/s1. The smallest absolute Gasteiger partial charge is 0.243 e. The highest BCUT2D eigenvalue weighted by atomic mass is 32.2. The van der Waals surface area contributed by atoms with Crippen molar-refractivity contribution in [2.75, 3.05) is 6.54 Å². The zero-order valence-corrected chi connectivity index (χ0v) is 11.8. The molecule has 3 rings (SSSR count). The number of piperidine rings is 1. The Balaban J connectivity index is 1.61. The maximum absolute atomic E-state index is 13.5. The fraction of sp³-hybridized carbons (Fsp3) is 0.429. The van der Waals surface area contributed by atoms with E-state index in [-0.39, 0.29) is 11.9 Å². The van der Waals surface area contributed by atoms with E-state index in [4.69, 9.17) is 4.52 Å². The van der Waals surface area contributed by atoms with Crippen LogP contribution in [0.2, 0.25) is 0 Å². The summed E-state index contributed by atoms with van der Waals surface area (Å²) >= 11 is 1.38. The van der Waals surface area contributed by atoms with Gasteiger partial charge in [-0.2, -0.15) is 4.98 Å². The molecule has 1 aromatic heterocycles. The van der Waals surface area contributed by atoms with E-state index < -0.39 is 0 Å².